The van der Waals surface area contributed by atoms with E-state index in [0.717, 1.165) is 5.69 Å². The summed E-state index contributed by atoms with van der Waals surface area (Å²) < 4.78 is 0. The molecular weight excluding hydrogens is 188 g/mol. The number of nitrogens with two attached hydrogens (primary N) is 1. The minimum Gasteiger partial charge on any atom is -0.384 e. The molecule has 1 aromatic heterocycles. The summed E-state index contributed by atoms with van der Waals surface area (Å²) in [5.41, 5.74) is 5.70. The first-order valence-corrected chi connectivity index (χ1v) is 4.41. The van der Waals surface area contributed by atoms with Gasteiger partial charge in [-0.05, 0) is 19.9 Å². The van der Waals surface area contributed by atoms with Crippen LogP contribution in [0, 0.1) is 6.92 Å². The minimum atomic E-state index is -1.10. The molecule has 0 aliphatic heterocycles. The Morgan fingerprint density at radius 2 is 2.23 bits per heavy atom. The molecule has 0 spiro atoms. The van der Waals surface area contributed by atoms with E-state index in [0.29, 0.717) is 10.7 Å². The van der Waals surface area contributed by atoms with E-state index in [1.165, 1.54) is 0 Å². The molecule has 0 bridgehead atoms. The fourth-order valence-corrected chi connectivity index (χ4v) is 1.44. The Morgan fingerprint density at radius 3 is 2.69 bits per heavy atom. The predicted octanol–water partition coefficient (Wildman–Crippen LogP) is 1.21. The van der Waals surface area contributed by atoms with E-state index in [4.69, 9.17) is 17.3 Å². The van der Waals surface area contributed by atoms with E-state index >= 15 is 0 Å². The molecule has 1 heterocycles. The van der Waals surface area contributed by atoms with Crippen LogP contribution in [-0.4, -0.2) is 16.6 Å². The van der Waals surface area contributed by atoms with Crippen molar-refractivity contribution in [2.24, 2.45) is 5.73 Å². The second kappa shape index (κ2) is 3.62. The van der Waals surface area contributed by atoms with Crippen LogP contribution in [0.2, 0.25) is 5.15 Å². The van der Waals surface area contributed by atoms with Crippen LogP contribution in [0.4, 0.5) is 0 Å². The Balaban J connectivity index is 3.16. The van der Waals surface area contributed by atoms with E-state index in [9.17, 15) is 5.11 Å². The summed E-state index contributed by atoms with van der Waals surface area (Å²) in [6.45, 7) is 3.58. The molecule has 1 atom stereocenters. The highest BCUT2D eigenvalue weighted by Crippen LogP contribution is 2.25. The van der Waals surface area contributed by atoms with Crippen molar-refractivity contribution in [3.05, 3.63) is 28.5 Å². The first-order chi connectivity index (χ1) is 5.97. The van der Waals surface area contributed by atoms with Crippen LogP contribution in [0.25, 0.3) is 0 Å². The van der Waals surface area contributed by atoms with Gasteiger partial charge in [0.05, 0.1) is 0 Å². The molecule has 1 rings (SSSR count). The van der Waals surface area contributed by atoms with Crippen molar-refractivity contribution in [3.63, 3.8) is 0 Å². The van der Waals surface area contributed by atoms with Gasteiger partial charge < -0.3 is 10.8 Å². The molecule has 3 nitrogen and oxygen atoms in total. The fourth-order valence-electron chi connectivity index (χ4n) is 1.04. The number of rotatable bonds is 2. The maximum absolute atomic E-state index is 9.82. The summed E-state index contributed by atoms with van der Waals surface area (Å²) in [4.78, 5) is 4.04. The number of nitrogens with zero attached hydrogens (tertiary/aromatic N) is 1. The third-order valence-electron chi connectivity index (χ3n) is 1.97. The summed E-state index contributed by atoms with van der Waals surface area (Å²) in [5.74, 6) is 0. The van der Waals surface area contributed by atoms with Crippen LogP contribution in [0.15, 0.2) is 12.1 Å². The molecule has 0 saturated heterocycles. The van der Waals surface area contributed by atoms with Crippen LogP contribution >= 0.6 is 11.6 Å². The minimum absolute atomic E-state index is 0.122. The highest BCUT2D eigenvalue weighted by Gasteiger charge is 2.24. The summed E-state index contributed by atoms with van der Waals surface area (Å²) in [6.07, 6.45) is 0. The number of aryl methyl sites for hydroxylation is 1. The Hall–Kier alpha value is -0.640. The third-order valence-corrected chi connectivity index (χ3v) is 2.25. The molecule has 1 aromatic rings. The second-order valence-electron chi connectivity index (χ2n) is 3.27. The predicted molar refractivity (Wildman–Crippen MR) is 52.6 cm³/mol. The van der Waals surface area contributed by atoms with E-state index < -0.39 is 5.60 Å². The Kier molecular flexibility index (Phi) is 2.91. The van der Waals surface area contributed by atoms with Crippen LogP contribution in [0.1, 0.15) is 18.2 Å². The molecule has 13 heavy (non-hydrogen) atoms. The number of hydrogen-bond donors (Lipinski definition) is 2. The monoisotopic (exact) mass is 200 g/mol. The average molecular weight is 201 g/mol. The Labute approximate surface area is 82.5 Å². The lowest BCUT2D eigenvalue weighted by molar-refractivity contribution is 0.0666. The Bertz CT molecular complexity index is 312. The highest BCUT2D eigenvalue weighted by molar-refractivity contribution is 6.30. The molecule has 0 saturated carbocycles. The van der Waals surface area contributed by atoms with Gasteiger partial charge >= 0.3 is 0 Å². The zero-order valence-corrected chi connectivity index (χ0v) is 8.47. The third kappa shape index (κ3) is 2.18. The van der Waals surface area contributed by atoms with Gasteiger partial charge in [0.1, 0.15) is 10.8 Å². The zero-order valence-electron chi connectivity index (χ0n) is 7.71. The average Bonchev–Trinajstić information content (AvgIpc) is 2.03. The van der Waals surface area contributed by atoms with Crippen LogP contribution < -0.4 is 5.73 Å². The van der Waals surface area contributed by atoms with Gasteiger partial charge in [-0.3, -0.25) is 0 Å². The first-order valence-electron chi connectivity index (χ1n) is 4.03. The van der Waals surface area contributed by atoms with Crippen molar-refractivity contribution in [1.82, 2.24) is 4.98 Å². The summed E-state index contributed by atoms with van der Waals surface area (Å²) in [5, 5.41) is 10.1. The van der Waals surface area contributed by atoms with Gasteiger partial charge in [0.2, 0.25) is 0 Å². The molecule has 1 unspecified atom stereocenters. The van der Waals surface area contributed by atoms with Crippen molar-refractivity contribution in [2.75, 3.05) is 6.54 Å². The van der Waals surface area contributed by atoms with Crippen molar-refractivity contribution in [3.8, 4) is 0 Å². The molecule has 3 N–H and O–H groups in total. The van der Waals surface area contributed by atoms with Gasteiger partial charge in [-0.2, -0.15) is 0 Å². The topological polar surface area (TPSA) is 59.1 Å². The number of pyridine rings is 1. The largest absolute Gasteiger partial charge is 0.384 e. The van der Waals surface area contributed by atoms with Crippen LogP contribution in [0.3, 0.4) is 0 Å². The molecular formula is C9H13ClN2O. The molecule has 0 amide bonds. The van der Waals surface area contributed by atoms with Crippen LogP contribution in [-0.2, 0) is 5.60 Å². The lowest BCUT2D eigenvalue weighted by Gasteiger charge is -2.22. The lowest BCUT2D eigenvalue weighted by Crippen LogP contribution is -2.31. The molecule has 0 aliphatic rings. The maximum atomic E-state index is 9.82. The van der Waals surface area contributed by atoms with E-state index in [2.05, 4.69) is 4.98 Å². The molecule has 72 valence electrons. The van der Waals surface area contributed by atoms with Crippen molar-refractivity contribution >= 4 is 11.6 Å². The van der Waals surface area contributed by atoms with Gasteiger partial charge in [-0.15, -0.1) is 0 Å². The maximum Gasteiger partial charge on any atom is 0.135 e. The molecule has 4 heteroatoms. The van der Waals surface area contributed by atoms with Crippen molar-refractivity contribution in [1.29, 1.82) is 0 Å². The highest BCUT2D eigenvalue weighted by atomic mass is 35.5. The number of aromatic nitrogens is 1. The summed E-state index contributed by atoms with van der Waals surface area (Å²) in [6, 6.07) is 3.54. The quantitative estimate of drug-likeness (QED) is 0.706. The molecule has 0 radical (unpaired) electrons. The number of aliphatic hydroxyl groups is 1. The SMILES string of the molecule is Cc1ccc(C(C)(O)CN)c(Cl)n1. The van der Waals surface area contributed by atoms with Crippen molar-refractivity contribution < 1.29 is 5.11 Å². The standard InChI is InChI=1S/C9H13ClN2O/c1-6-3-4-7(8(10)12-6)9(2,13)5-11/h3-4,13H,5,11H2,1-2H3. The summed E-state index contributed by atoms with van der Waals surface area (Å²) in [7, 11) is 0. The number of hydrogen-bond acceptors (Lipinski definition) is 3. The summed E-state index contributed by atoms with van der Waals surface area (Å²) >= 11 is 5.87. The molecule has 0 fully saturated rings. The van der Waals surface area contributed by atoms with Gasteiger partial charge in [-0.25, -0.2) is 4.98 Å². The van der Waals surface area contributed by atoms with E-state index in [-0.39, 0.29) is 6.54 Å². The smallest absolute Gasteiger partial charge is 0.135 e. The Morgan fingerprint density at radius 1 is 1.62 bits per heavy atom. The van der Waals surface area contributed by atoms with Gasteiger partial charge in [0.25, 0.3) is 0 Å². The van der Waals surface area contributed by atoms with Crippen molar-refractivity contribution in [2.45, 2.75) is 19.4 Å². The van der Waals surface area contributed by atoms with Gasteiger partial charge in [0, 0.05) is 17.8 Å². The second-order valence-corrected chi connectivity index (χ2v) is 3.63. The first kappa shape index (κ1) is 10.4. The van der Waals surface area contributed by atoms with E-state index in [1.54, 1.807) is 19.1 Å². The normalized spacial score (nSPS) is 15.5. The number of halogens is 1. The van der Waals surface area contributed by atoms with Gasteiger partial charge in [-0.1, -0.05) is 17.7 Å². The molecule has 0 aromatic carbocycles. The lowest BCUT2D eigenvalue weighted by atomic mass is 9.98. The zero-order chi connectivity index (χ0) is 10.1. The fraction of sp³-hybridized carbons (Fsp3) is 0.444. The van der Waals surface area contributed by atoms with Crippen LogP contribution in [0.5, 0.6) is 0 Å². The van der Waals surface area contributed by atoms with Gasteiger partial charge in [0.15, 0.2) is 0 Å². The van der Waals surface area contributed by atoms with E-state index in [1.807, 2.05) is 6.92 Å². The molecule has 0 aliphatic carbocycles.